The standard InChI is InChI=1S/C10H12N2O2S/c13-9-3-1-2-8(11-9)10(14)12-4-6-15-7-5-12/h1-3H,4-7H2,(H,11,13). The zero-order valence-corrected chi connectivity index (χ0v) is 9.05. The Morgan fingerprint density at radius 1 is 1.33 bits per heavy atom. The Bertz CT molecular complexity index is 410. The number of rotatable bonds is 1. The summed E-state index contributed by atoms with van der Waals surface area (Å²) < 4.78 is 0. The molecule has 0 bridgehead atoms. The maximum Gasteiger partial charge on any atom is 0.270 e. The lowest BCUT2D eigenvalue weighted by atomic mass is 10.3. The van der Waals surface area contributed by atoms with Crippen molar-refractivity contribution in [3.8, 4) is 0 Å². The van der Waals surface area contributed by atoms with Gasteiger partial charge < -0.3 is 9.88 Å². The minimum absolute atomic E-state index is 0.0759. The number of pyridine rings is 1. The topological polar surface area (TPSA) is 53.2 Å². The molecule has 1 saturated heterocycles. The predicted molar refractivity (Wildman–Crippen MR) is 60.3 cm³/mol. The lowest BCUT2D eigenvalue weighted by Crippen LogP contribution is -2.38. The van der Waals surface area contributed by atoms with Crippen molar-refractivity contribution < 1.29 is 4.79 Å². The monoisotopic (exact) mass is 224 g/mol. The van der Waals surface area contributed by atoms with Crippen LogP contribution in [0.25, 0.3) is 0 Å². The summed E-state index contributed by atoms with van der Waals surface area (Å²) in [4.78, 5) is 27.3. The first-order valence-corrected chi connectivity index (χ1v) is 5.99. The molecule has 5 heteroatoms. The lowest BCUT2D eigenvalue weighted by molar-refractivity contribution is 0.0766. The highest BCUT2D eigenvalue weighted by molar-refractivity contribution is 7.99. The quantitative estimate of drug-likeness (QED) is 0.758. The first-order valence-electron chi connectivity index (χ1n) is 4.84. The molecule has 1 N–H and O–H groups in total. The third kappa shape index (κ3) is 2.41. The summed E-state index contributed by atoms with van der Waals surface area (Å²) in [6.07, 6.45) is 0. The van der Waals surface area contributed by atoms with Crippen molar-refractivity contribution in [2.24, 2.45) is 0 Å². The van der Waals surface area contributed by atoms with Gasteiger partial charge in [-0.25, -0.2) is 0 Å². The highest BCUT2D eigenvalue weighted by atomic mass is 32.2. The smallest absolute Gasteiger partial charge is 0.270 e. The van der Waals surface area contributed by atoms with Crippen LogP contribution in [0, 0.1) is 0 Å². The molecule has 1 fully saturated rings. The number of thioether (sulfide) groups is 1. The number of nitrogens with one attached hydrogen (secondary N) is 1. The van der Waals surface area contributed by atoms with Gasteiger partial charge in [-0.15, -0.1) is 0 Å². The van der Waals surface area contributed by atoms with Crippen LogP contribution in [0.2, 0.25) is 0 Å². The van der Waals surface area contributed by atoms with Gasteiger partial charge in [0.2, 0.25) is 5.56 Å². The van der Waals surface area contributed by atoms with E-state index in [2.05, 4.69) is 4.98 Å². The zero-order valence-electron chi connectivity index (χ0n) is 8.23. The van der Waals surface area contributed by atoms with Crippen molar-refractivity contribution in [3.63, 3.8) is 0 Å². The maximum atomic E-state index is 11.9. The molecule has 1 aromatic heterocycles. The number of hydrogen-bond donors (Lipinski definition) is 1. The van der Waals surface area contributed by atoms with Gasteiger partial charge in [0.25, 0.3) is 5.91 Å². The molecular formula is C10H12N2O2S. The predicted octanol–water partition coefficient (Wildman–Crippen LogP) is 0.564. The van der Waals surface area contributed by atoms with Crippen molar-refractivity contribution in [3.05, 3.63) is 34.2 Å². The number of carbonyl (C=O) groups is 1. The largest absolute Gasteiger partial charge is 0.336 e. The van der Waals surface area contributed by atoms with Crippen LogP contribution < -0.4 is 5.56 Å². The van der Waals surface area contributed by atoms with Crippen LogP contribution in [0.3, 0.4) is 0 Å². The normalized spacial score (nSPS) is 16.4. The third-order valence-corrected chi connectivity index (χ3v) is 3.24. The molecule has 0 aliphatic carbocycles. The van der Waals surface area contributed by atoms with E-state index in [1.54, 1.807) is 17.0 Å². The van der Waals surface area contributed by atoms with Gasteiger partial charge in [0, 0.05) is 30.7 Å². The molecule has 4 nitrogen and oxygen atoms in total. The SMILES string of the molecule is O=C(c1cccc(=O)[nH]1)N1CCSCC1. The second kappa shape index (κ2) is 4.53. The van der Waals surface area contributed by atoms with Crippen molar-refractivity contribution in [2.75, 3.05) is 24.6 Å². The molecule has 0 aromatic carbocycles. The Kier molecular flexibility index (Phi) is 3.11. The minimum atomic E-state index is -0.229. The van der Waals surface area contributed by atoms with E-state index < -0.39 is 0 Å². The molecule has 0 saturated carbocycles. The molecule has 1 amide bonds. The lowest BCUT2D eigenvalue weighted by Gasteiger charge is -2.26. The van der Waals surface area contributed by atoms with E-state index in [1.807, 2.05) is 11.8 Å². The maximum absolute atomic E-state index is 11.9. The van der Waals surface area contributed by atoms with Gasteiger partial charge in [0.05, 0.1) is 0 Å². The van der Waals surface area contributed by atoms with Gasteiger partial charge in [-0.1, -0.05) is 6.07 Å². The van der Waals surface area contributed by atoms with E-state index >= 15 is 0 Å². The second-order valence-electron chi connectivity index (χ2n) is 3.33. The summed E-state index contributed by atoms with van der Waals surface area (Å²) in [5.41, 5.74) is 0.154. The molecule has 0 spiro atoms. The van der Waals surface area contributed by atoms with Gasteiger partial charge in [-0.05, 0) is 6.07 Å². The van der Waals surface area contributed by atoms with E-state index in [9.17, 15) is 9.59 Å². The minimum Gasteiger partial charge on any atom is -0.336 e. The molecule has 0 atom stereocenters. The van der Waals surface area contributed by atoms with Crippen LogP contribution in [0.4, 0.5) is 0 Å². The van der Waals surface area contributed by atoms with Crippen LogP contribution in [0.5, 0.6) is 0 Å². The number of H-pyrrole nitrogens is 1. The van der Waals surface area contributed by atoms with Gasteiger partial charge in [-0.3, -0.25) is 9.59 Å². The number of nitrogens with zero attached hydrogens (tertiary/aromatic N) is 1. The molecule has 2 rings (SSSR count). The average molecular weight is 224 g/mol. The van der Waals surface area contributed by atoms with Crippen LogP contribution in [0.15, 0.2) is 23.0 Å². The number of hydrogen-bond acceptors (Lipinski definition) is 3. The van der Waals surface area contributed by atoms with Crippen LogP contribution in [-0.2, 0) is 0 Å². The van der Waals surface area contributed by atoms with Crippen LogP contribution in [-0.4, -0.2) is 40.4 Å². The van der Waals surface area contributed by atoms with Gasteiger partial charge >= 0.3 is 0 Å². The van der Waals surface area contributed by atoms with Crippen molar-refractivity contribution in [1.82, 2.24) is 9.88 Å². The summed E-state index contributed by atoms with van der Waals surface area (Å²) in [6.45, 7) is 1.53. The van der Waals surface area contributed by atoms with E-state index in [-0.39, 0.29) is 11.5 Å². The highest BCUT2D eigenvalue weighted by Crippen LogP contribution is 2.11. The molecule has 0 unspecified atom stereocenters. The first kappa shape index (κ1) is 10.3. The second-order valence-corrected chi connectivity index (χ2v) is 4.56. The van der Waals surface area contributed by atoms with E-state index in [0.717, 1.165) is 24.6 Å². The summed E-state index contributed by atoms with van der Waals surface area (Å²) in [7, 11) is 0. The van der Waals surface area contributed by atoms with Gasteiger partial charge in [-0.2, -0.15) is 11.8 Å². The Labute approximate surface area is 91.7 Å². The fourth-order valence-corrected chi connectivity index (χ4v) is 2.41. The summed E-state index contributed by atoms with van der Waals surface area (Å²) >= 11 is 1.85. The molecule has 80 valence electrons. The van der Waals surface area contributed by atoms with E-state index in [4.69, 9.17) is 0 Å². The summed E-state index contributed by atoms with van der Waals surface area (Å²) in [6, 6.07) is 4.65. The van der Waals surface area contributed by atoms with Crippen molar-refractivity contribution in [2.45, 2.75) is 0 Å². The molecular weight excluding hydrogens is 212 g/mol. The van der Waals surface area contributed by atoms with E-state index in [0.29, 0.717) is 5.69 Å². The summed E-state index contributed by atoms with van der Waals surface area (Å²) in [5, 5.41) is 0. The number of amides is 1. The van der Waals surface area contributed by atoms with Crippen molar-refractivity contribution >= 4 is 17.7 Å². The fourth-order valence-electron chi connectivity index (χ4n) is 1.51. The van der Waals surface area contributed by atoms with Crippen molar-refractivity contribution in [1.29, 1.82) is 0 Å². The fraction of sp³-hybridized carbons (Fsp3) is 0.400. The highest BCUT2D eigenvalue weighted by Gasteiger charge is 2.18. The summed E-state index contributed by atoms with van der Waals surface area (Å²) in [5.74, 6) is 1.87. The first-order chi connectivity index (χ1) is 7.27. The molecule has 0 radical (unpaired) electrons. The molecule has 1 aromatic rings. The van der Waals surface area contributed by atoms with Gasteiger partial charge in [0.1, 0.15) is 5.69 Å². The van der Waals surface area contributed by atoms with Gasteiger partial charge in [0.15, 0.2) is 0 Å². The molecule has 1 aliphatic heterocycles. The zero-order chi connectivity index (χ0) is 10.7. The molecule has 2 heterocycles. The van der Waals surface area contributed by atoms with Crippen LogP contribution >= 0.6 is 11.8 Å². The Hall–Kier alpha value is -1.23. The number of aromatic nitrogens is 1. The third-order valence-electron chi connectivity index (χ3n) is 2.30. The number of aromatic amines is 1. The van der Waals surface area contributed by atoms with E-state index in [1.165, 1.54) is 6.07 Å². The number of carbonyl (C=O) groups excluding carboxylic acids is 1. The Morgan fingerprint density at radius 3 is 2.73 bits per heavy atom. The molecule has 1 aliphatic rings. The Morgan fingerprint density at radius 2 is 2.07 bits per heavy atom. The Balaban J connectivity index is 2.16. The van der Waals surface area contributed by atoms with Crippen LogP contribution in [0.1, 0.15) is 10.5 Å². The molecule has 15 heavy (non-hydrogen) atoms. The average Bonchev–Trinajstić information content (AvgIpc) is 2.29.